The molecule has 29 valence electrons. The number of hydrogen-bond donors (Lipinski definition) is 0. The quantitative estimate of drug-likeness (QED) is 0.498. The maximum atomic E-state index is 4.92. The van der Waals surface area contributed by atoms with Gasteiger partial charge in [0.05, 0.1) is 0 Å². The summed E-state index contributed by atoms with van der Waals surface area (Å²) in [6.45, 7) is 3.52. The second-order valence-electron chi connectivity index (χ2n) is 0.607. The summed E-state index contributed by atoms with van der Waals surface area (Å²) >= 11 is 0.272. The van der Waals surface area contributed by atoms with Gasteiger partial charge in [0, 0.05) is 0 Å². The first-order valence-corrected chi connectivity index (χ1v) is 5.49. The van der Waals surface area contributed by atoms with Crippen molar-refractivity contribution in [3.8, 4) is 0 Å². The van der Waals surface area contributed by atoms with Gasteiger partial charge in [0.15, 0.2) is 0 Å². The average molecular weight is 192 g/mol. The van der Waals surface area contributed by atoms with Crippen LogP contribution < -0.4 is 0 Å². The van der Waals surface area contributed by atoms with Crippen molar-refractivity contribution >= 4 is 32.6 Å². The van der Waals surface area contributed by atoms with Crippen LogP contribution >= 0.6 is 0 Å². The Bertz CT molecular complexity index is 28.8. The minimum atomic E-state index is -0.340. The Labute approximate surface area is 47.2 Å². The average Bonchev–Trinajstić information content (AvgIpc) is 1.41. The zero-order valence-corrected chi connectivity index (χ0v) is 9.89. The monoisotopic (exact) mass is 195 g/mol. The number of hydrogen-bond acceptors (Lipinski definition) is 1. The zero-order valence-electron chi connectivity index (χ0n) is 3.27. The van der Waals surface area contributed by atoms with E-state index in [1.165, 1.54) is 0 Å². The zero-order chi connectivity index (χ0) is 4.12. The Balaban J connectivity index is 2.40. The molecule has 0 saturated heterocycles. The van der Waals surface area contributed by atoms with E-state index in [1.54, 1.807) is 0 Å². The van der Waals surface area contributed by atoms with E-state index < -0.39 is 0 Å². The molecule has 1 radical (unpaired) electrons. The molecule has 0 atom stereocenters. The SMILES string of the molecule is C=[CH][GeH][O][GeH3]. The van der Waals surface area contributed by atoms with Crippen molar-refractivity contribution < 1.29 is 2.79 Å². The van der Waals surface area contributed by atoms with Crippen LogP contribution in [0.3, 0.4) is 0 Å². The van der Waals surface area contributed by atoms with Crippen LogP contribution in [0.1, 0.15) is 0 Å². The summed E-state index contributed by atoms with van der Waals surface area (Å²) in [5, 5.41) is 0. The molecule has 0 spiro atoms. The summed E-state index contributed by atoms with van der Waals surface area (Å²) in [7, 11) is 0. The molecule has 0 bridgehead atoms. The molecule has 0 amide bonds. The molecule has 0 aliphatic heterocycles. The van der Waals surface area contributed by atoms with Crippen LogP contribution in [0.2, 0.25) is 0 Å². The molecule has 3 heteroatoms. The van der Waals surface area contributed by atoms with Crippen molar-refractivity contribution in [1.29, 1.82) is 0 Å². The van der Waals surface area contributed by atoms with E-state index in [-0.39, 0.29) is 15.8 Å². The van der Waals surface area contributed by atoms with Gasteiger partial charge in [0.1, 0.15) is 0 Å². The summed E-state index contributed by atoms with van der Waals surface area (Å²) in [5.74, 6) is 0. The summed E-state index contributed by atoms with van der Waals surface area (Å²) in [4.78, 5) is 1.91. The van der Waals surface area contributed by atoms with Gasteiger partial charge in [-0.2, -0.15) is 0 Å². The summed E-state index contributed by atoms with van der Waals surface area (Å²) < 4.78 is 4.92. The van der Waals surface area contributed by atoms with Gasteiger partial charge in [-0.05, 0) is 0 Å². The fraction of sp³-hybridized carbons (Fsp3) is 0. The molecule has 0 N–H and O–H groups in total. The van der Waals surface area contributed by atoms with E-state index in [4.69, 9.17) is 2.79 Å². The Kier molecular flexibility index (Phi) is 5.54. The molecular weight excluding hydrogens is 185 g/mol. The first-order valence-electron chi connectivity index (χ1n) is 1.39. The van der Waals surface area contributed by atoms with Gasteiger partial charge < -0.3 is 0 Å². The molecule has 0 aromatic heterocycles. The van der Waals surface area contributed by atoms with E-state index in [0.717, 1.165) is 0 Å². The third-order valence-electron chi connectivity index (χ3n) is 0.232. The summed E-state index contributed by atoms with van der Waals surface area (Å²) in [6, 6.07) is 0. The number of rotatable bonds is 2. The Morgan fingerprint density at radius 1 is 2.00 bits per heavy atom. The summed E-state index contributed by atoms with van der Waals surface area (Å²) in [5.41, 5.74) is 0. The van der Waals surface area contributed by atoms with Crippen molar-refractivity contribution in [2.24, 2.45) is 0 Å². The molecule has 0 aliphatic rings. The Morgan fingerprint density at radius 2 is 2.60 bits per heavy atom. The first-order chi connectivity index (χ1) is 2.41. The van der Waals surface area contributed by atoms with Crippen molar-refractivity contribution in [2.75, 3.05) is 0 Å². The molecular formula is C2H7Ge2O. The second-order valence-corrected chi connectivity index (χ2v) is 8.30. The molecule has 0 fully saturated rings. The van der Waals surface area contributed by atoms with E-state index in [1.807, 2.05) is 4.91 Å². The predicted octanol–water partition coefficient (Wildman–Crippen LogP) is -1.22. The molecule has 0 saturated carbocycles. The molecule has 5 heavy (non-hydrogen) atoms. The van der Waals surface area contributed by atoms with Crippen LogP contribution in [-0.4, -0.2) is 32.6 Å². The maximum absolute atomic E-state index is 4.92. The third-order valence-corrected chi connectivity index (χ3v) is 4.17. The van der Waals surface area contributed by atoms with Gasteiger partial charge in [-0.3, -0.25) is 0 Å². The molecule has 1 nitrogen and oxygen atoms in total. The second kappa shape index (κ2) is 4.79. The van der Waals surface area contributed by atoms with Crippen LogP contribution in [0.5, 0.6) is 0 Å². The fourth-order valence-corrected chi connectivity index (χ4v) is 2.60. The topological polar surface area (TPSA) is 9.23 Å². The van der Waals surface area contributed by atoms with Gasteiger partial charge in [-0.15, -0.1) is 0 Å². The van der Waals surface area contributed by atoms with Gasteiger partial charge in [0.25, 0.3) is 0 Å². The van der Waals surface area contributed by atoms with Crippen LogP contribution in [0.15, 0.2) is 11.5 Å². The van der Waals surface area contributed by atoms with Crippen molar-refractivity contribution in [3.63, 3.8) is 0 Å². The van der Waals surface area contributed by atoms with Gasteiger partial charge >= 0.3 is 46.9 Å². The first kappa shape index (κ1) is 5.79. The normalized spacial score (nSPS) is 8.00. The van der Waals surface area contributed by atoms with Crippen LogP contribution in [-0.2, 0) is 2.79 Å². The predicted molar refractivity (Wildman–Crippen MR) is 28.4 cm³/mol. The van der Waals surface area contributed by atoms with E-state index in [0.29, 0.717) is 16.9 Å². The molecule has 0 aromatic carbocycles. The van der Waals surface area contributed by atoms with Crippen molar-refractivity contribution in [2.45, 2.75) is 0 Å². The Hall–Kier alpha value is 0.786. The van der Waals surface area contributed by atoms with Crippen LogP contribution in [0.25, 0.3) is 0 Å². The summed E-state index contributed by atoms with van der Waals surface area (Å²) in [6.07, 6.45) is 0. The molecule has 0 rings (SSSR count). The fourth-order valence-electron chi connectivity index (χ4n) is 0.0962. The third kappa shape index (κ3) is 4.79. The standard InChI is InChI=1S/C2H7Ge2O/c1-2-4-5-3/h2,4H,1H2,3H3. The Morgan fingerprint density at radius 3 is 2.60 bits per heavy atom. The van der Waals surface area contributed by atoms with Crippen molar-refractivity contribution in [1.82, 2.24) is 0 Å². The minimum absolute atomic E-state index is 0.340. The van der Waals surface area contributed by atoms with Gasteiger partial charge in [-0.1, -0.05) is 0 Å². The van der Waals surface area contributed by atoms with Gasteiger partial charge in [0.2, 0.25) is 0 Å². The van der Waals surface area contributed by atoms with Crippen LogP contribution in [0.4, 0.5) is 0 Å². The molecule has 0 heterocycles. The van der Waals surface area contributed by atoms with Crippen LogP contribution in [0, 0.1) is 0 Å². The molecule has 0 aliphatic carbocycles. The molecule has 0 unspecified atom stereocenters. The van der Waals surface area contributed by atoms with Gasteiger partial charge in [-0.25, -0.2) is 0 Å². The van der Waals surface area contributed by atoms with Crippen molar-refractivity contribution in [3.05, 3.63) is 11.5 Å². The van der Waals surface area contributed by atoms with E-state index >= 15 is 0 Å². The van der Waals surface area contributed by atoms with E-state index in [2.05, 4.69) is 6.58 Å². The molecule has 0 aromatic rings. The van der Waals surface area contributed by atoms with E-state index in [9.17, 15) is 0 Å².